The van der Waals surface area contributed by atoms with Gasteiger partial charge in [0.2, 0.25) is 0 Å². The number of rotatable bonds is 5. The minimum atomic E-state index is -0.748. The largest absolute Gasteiger partial charge is 0.371 e. The lowest BCUT2D eigenvalue weighted by molar-refractivity contribution is -0.00498. The first-order valence-corrected chi connectivity index (χ1v) is 6.75. The second kappa shape index (κ2) is 5.24. The number of hydrogen-bond acceptors (Lipinski definition) is 3. The Morgan fingerprint density at radius 3 is 2.79 bits per heavy atom. The topological polar surface area (TPSA) is 52.3 Å². The lowest BCUT2D eigenvalue weighted by atomic mass is 10.1. The highest BCUT2D eigenvalue weighted by molar-refractivity contribution is 7.85. The number of nitrogens with two attached hydrogens (primary N) is 1. The predicted octanol–water partition coefficient (Wildman–Crippen LogP) is 1.04. The van der Waals surface area contributed by atoms with E-state index in [1.54, 1.807) is 0 Å². The molecule has 0 aromatic heterocycles. The lowest BCUT2D eigenvalue weighted by Crippen LogP contribution is -2.24. The zero-order chi connectivity index (χ0) is 10.6. The average Bonchev–Trinajstić information content (AvgIpc) is 2.42. The summed E-state index contributed by atoms with van der Waals surface area (Å²) in [6.07, 6.45) is 3.17. The van der Waals surface area contributed by atoms with Crippen molar-refractivity contribution in [2.75, 3.05) is 18.1 Å². The summed E-state index contributed by atoms with van der Waals surface area (Å²) >= 11 is 0. The van der Waals surface area contributed by atoms with Gasteiger partial charge in [0.15, 0.2) is 0 Å². The highest BCUT2D eigenvalue weighted by Gasteiger charge is 2.32. The molecule has 1 heterocycles. The van der Waals surface area contributed by atoms with E-state index < -0.39 is 10.8 Å². The highest BCUT2D eigenvalue weighted by atomic mass is 32.2. The Kier molecular flexibility index (Phi) is 4.54. The van der Waals surface area contributed by atoms with Crippen molar-refractivity contribution in [1.29, 1.82) is 0 Å². The standard InChI is InChI=1S/C10H21NO2S/c1-10(2)5-4-9(13-10)8-14(12)7-3-6-11/h9H,3-8,11H2,1-2H3. The normalized spacial score (nSPS) is 27.8. The van der Waals surface area contributed by atoms with Crippen molar-refractivity contribution in [3.63, 3.8) is 0 Å². The van der Waals surface area contributed by atoms with Crippen LogP contribution in [0.2, 0.25) is 0 Å². The van der Waals surface area contributed by atoms with E-state index in [1.165, 1.54) is 0 Å². The van der Waals surface area contributed by atoms with Gasteiger partial charge >= 0.3 is 0 Å². The Labute approximate surface area is 88.8 Å². The van der Waals surface area contributed by atoms with Gasteiger partial charge in [-0.15, -0.1) is 0 Å². The van der Waals surface area contributed by atoms with E-state index in [-0.39, 0.29) is 11.7 Å². The van der Waals surface area contributed by atoms with E-state index >= 15 is 0 Å². The molecule has 0 aromatic carbocycles. The van der Waals surface area contributed by atoms with Crippen LogP contribution in [0.4, 0.5) is 0 Å². The first-order chi connectivity index (χ1) is 6.53. The summed E-state index contributed by atoms with van der Waals surface area (Å²) in [5.41, 5.74) is 5.35. The van der Waals surface area contributed by atoms with Gasteiger partial charge < -0.3 is 10.5 Å². The minimum Gasteiger partial charge on any atom is -0.371 e. The van der Waals surface area contributed by atoms with E-state index in [0.717, 1.165) is 25.0 Å². The molecule has 84 valence electrons. The van der Waals surface area contributed by atoms with Gasteiger partial charge in [-0.05, 0) is 39.7 Å². The number of hydrogen-bond donors (Lipinski definition) is 1. The van der Waals surface area contributed by atoms with Gasteiger partial charge in [0, 0.05) is 22.3 Å². The summed E-state index contributed by atoms with van der Waals surface area (Å²) in [6.45, 7) is 4.81. The molecule has 0 radical (unpaired) electrons. The second-order valence-electron chi connectivity index (χ2n) is 4.49. The first kappa shape index (κ1) is 12.1. The molecule has 0 spiro atoms. The van der Waals surface area contributed by atoms with Gasteiger partial charge in [0.05, 0.1) is 11.7 Å². The van der Waals surface area contributed by atoms with Crippen molar-refractivity contribution >= 4 is 10.8 Å². The predicted molar refractivity (Wildman–Crippen MR) is 59.7 cm³/mol. The van der Waals surface area contributed by atoms with E-state index in [4.69, 9.17) is 10.5 Å². The fraction of sp³-hybridized carbons (Fsp3) is 1.00. The molecule has 0 bridgehead atoms. The monoisotopic (exact) mass is 219 g/mol. The molecular weight excluding hydrogens is 198 g/mol. The van der Waals surface area contributed by atoms with Crippen LogP contribution in [0.15, 0.2) is 0 Å². The molecule has 3 nitrogen and oxygen atoms in total. The zero-order valence-corrected chi connectivity index (χ0v) is 9.94. The van der Waals surface area contributed by atoms with Crippen molar-refractivity contribution in [3.8, 4) is 0 Å². The fourth-order valence-corrected chi connectivity index (χ4v) is 3.03. The molecule has 2 atom stereocenters. The quantitative estimate of drug-likeness (QED) is 0.751. The molecule has 1 fully saturated rings. The molecule has 0 aromatic rings. The molecule has 0 saturated carbocycles. The third kappa shape index (κ3) is 4.07. The summed E-state index contributed by atoms with van der Waals surface area (Å²) in [4.78, 5) is 0. The maximum absolute atomic E-state index is 11.5. The Bertz CT molecular complexity index is 206. The van der Waals surface area contributed by atoms with Crippen molar-refractivity contribution in [2.24, 2.45) is 5.73 Å². The van der Waals surface area contributed by atoms with Gasteiger partial charge in [-0.25, -0.2) is 0 Å². The molecule has 0 amide bonds. The van der Waals surface area contributed by atoms with Crippen LogP contribution in [-0.4, -0.2) is 34.0 Å². The Balaban J connectivity index is 2.22. The molecule has 14 heavy (non-hydrogen) atoms. The lowest BCUT2D eigenvalue weighted by Gasteiger charge is -2.18. The molecule has 0 aliphatic carbocycles. The van der Waals surface area contributed by atoms with E-state index in [2.05, 4.69) is 13.8 Å². The van der Waals surface area contributed by atoms with Crippen LogP contribution in [0.5, 0.6) is 0 Å². The molecule has 4 heteroatoms. The van der Waals surface area contributed by atoms with Gasteiger partial charge in [0.1, 0.15) is 0 Å². The van der Waals surface area contributed by atoms with Crippen molar-refractivity contribution in [1.82, 2.24) is 0 Å². The summed E-state index contributed by atoms with van der Waals surface area (Å²) in [5.74, 6) is 1.40. The summed E-state index contributed by atoms with van der Waals surface area (Å²) in [7, 11) is -0.748. The molecule has 2 N–H and O–H groups in total. The Morgan fingerprint density at radius 2 is 2.29 bits per heavy atom. The molecule has 1 aliphatic rings. The summed E-state index contributed by atoms with van der Waals surface area (Å²) < 4.78 is 17.3. The molecular formula is C10H21NO2S. The van der Waals surface area contributed by atoms with Gasteiger partial charge in [-0.1, -0.05) is 0 Å². The SMILES string of the molecule is CC1(C)CCC(CS(=O)CCCN)O1. The van der Waals surface area contributed by atoms with Gasteiger partial charge in [-0.2, -0.15) is 0 Å². The average molecular weight is 219 g/mol. The van der Waals surface area contributed by atoms with E-state index in [1.807, 2.05) is 0 Å². The number of ether oxygens (including phenoxy) is 1. The third-order valence-electron chi connectivity index (χ3n) is 2.50. The smallest absolute Gasteiger partial charge is 0.0698 e. The first-order valence-electron chi connectivity index (χ1n) is 5.26. The van der Waals surface area contributed by atoms with Crippen LogP contribution < -0.4 is 5.73 Å². The van der Waals surface area contributed by atoms with Crippen molar-refractivity contribution in [2.45, 2.75) is 44.8 Å². The van der Waals surface area contributed by atoms with Crippen LogP contribution in [0.3, 0.4) is 0 Å². The van der Waals surface area contributed by atoms with Gasteiger partial charge in [-0.3, -0.25) is 4.21 Å². The Morgan fingerprint density at radius 1 is 1.57 bits per heavy atom. The molecule has 2 unspecified atom stereocenters. The van der Waals surface area contributed by atoms with Gasteiger partial charge in [0.25, 0.3) is 0 Å². The maximum atomic E-state index is 11.5. The zero-order valence-electron chi connectivity index (χ0n) is 9.12. The van der Waals surface area contributed by atoms with Crippen LogP contribution in [0, 0.1) is 0 Å². The molecule has 1 rings (SSSR count). The van der Waals surface area contributed by atoms with Crippen LogP contribution in [0.1, 0.15) is 33.1 Å². The molecule has 1 saturated heterocycles. The fourth-order valence-electron chi connectivity index (χ4n) is 1.73. The summed E-state index contributed by atoms with van der Waals surface area (Å²) in [5, 5.41) is 0. The van der Waals surface area contributed by atoms with E-state index in [9.17, 15) is 4.21 Å². The highest BCUT2D eigenvalue weighted by Crippen LogP contribution is 2.29. The van der Waals surface area contributed by atoms with Crippen LogP contribution in [0.25, 0.3) is 0 Å². The third-order valence-corrected chi connectivity index (χ3v) is 3.99. The van der Waals surface area contributed by atoms with Crippen LogP contribution >= 0.6 is 0 Å². The van der Waals surface area contributed by atoms with E-state index in [0.29, 0.717) is 12.3 Å². The minimum absolute atomic E-state index is 0.0112. The Hall–Kier alpha value is 0.0700. The molecule has 1 aliphatic heterocycles. The second-order valence-corrected chi connectivity index (χ2v) is 6.11. The summed E-state index contributed by atoms with van der Waals surface area (Å²) in [6, 6.07) is 0. The van der Waals surface area contributed by atoms with Crippen molar-refractivity contribution < 1.29 is 8.95 Å². The van der Waals surface area contributed by atoms with Crippen LogP contribution in [-0.2, 0) is 15.5 Å². The maximum Gasteiger partial charge on any atom is 0.0698 e. The van der Waals surface area contributed by atoms with Crippen molar-refractivity contribution in [3.05, 3.63) is 0 Å².